The van der Waals surface area contributed by atoms with Gasteiger partial charge in [-0.2, -0.15) is 9.65 Å². The van der Waals surface area contributed by atoms with Crippen LogP contribution < -0.4 is 10.6 Å². The minimum Gasteiger partial charge on any atom is -0.480 e. The van der Waals surface area contributed by atoms with Gasteiger partial charge in [0.15, 0.2) is 0 Å². The Balaban J connectivity index is 3.50. The van der Waals surface area contributed by atoms with Crippen LogP contribution in [0.4, 0.5) is 14.9 Å². The molecule has 3 amide bonds. The van der Waals surface area contributed by atoms with Gasteiger partial charge in [-0.25, -0.2) is 9.59 Å². The summed E-state index contributed by atoms with van der Waals surface area (Å²) in [6.07, 6.45) is -3.47. The molecule has 0 aliphatic heterocycles. The molecule has 0 fully saturated rings. The number of aliphatic carboxylic acids is 1. The summed E-state index contributed by atoms with van der Waals surface area (Å²) in [5.74, 6) is -5.13. The predicted octanol–water partition coefficient (Wildman–Crippen LogP) is 2.02. The minimum absolute atomic E-state index is 0.0835. The molecule has 1 rings (SSSR count). The van der Waals surface area contributed by atoms with Crippen molar-refractivity contribution in [3.63, 3.8) is 0 Å². The Morgan fingerprint density at radius 3 is 2.27 bits per heavy atom. The summed E-state index contributed by atoms with van der Waals surface area (Å²) in [4.78, 5) is 61.9. The molecule has 0 aromatic heterocycles. The molecule has 220 valence electrons. The van der Waals surface area contributed by atoms with Gasteiger partial charge in [0.2, 0.25) is 17.6 Å². The number of amides is 3. The van der Waals surface area contributed by atoms with Crippen molar-refractivity contribution in [2.24, 2.45) is 5.92 Å². The molecule has 15 heteroatoms. The predicted molar refractivity (Wildman–Crippen MR) is 137 cm³/mol. The van der Waals surface area contributed by atoms with Crippen molar-refractivity contribution in [3.8, 4) is 6.07 Å². The largest absolute Gasteiger partial charge is 0.480 e. The maximum atomic E-state index is 13.9. The monoisotopic (exact) mass is 567 g/mol. The number of carboxylic acid groups (broad SMARTS) is 1. The van der Waals surface area contributed by atoms with Crippen molar-refractivity contribution < 1.29 is 43.4 Å². The van der Waals surface area contributed by atoms with Gasteiger partial charge in [0, 0.05) is 13.1 Å². The zero-order valence-electron chi connectivity index (χ0n) is 23.0. The number of nitro groups is 1. The normalized spacial score (nSPS) is 14.2. The van der Waals surface area contributed by atoms with Gasteiger partial charge in [0.1, 0.15) is 29.8 Å². The van der Waals surface area contributed by atoms with E-state index in [1.807, 2.05) is 5.32 Å². The molecule has 0 saturated heterocycles. The Labute approximate surface area is 230 Å². The number of hydrogen-bond donors (Lipinski definition) is 4. The van der Waals surface area contributed by atoms with Crippen LogP contribution in [-0.2, 0) is 19.1 Å². The van der Waals surface area contributed by atoms with Crippen LogP contribution in [0, 0.1) is 33.2 Å². The Morgan fingerprint density at radius 1 is 1.20 bits per heavy atom. The number of benzene rings is 1. The van der Waals surface area contributed by atoms with E-state index in [-0.39, 0.29) is 17.9 Å². The molecule has 1 aromatic rings. The molecule has 0 radical (unpaired) electrons. The Bertz CT molecular complexity index is 1160. The zero-order chi connectivity index (χ0) is 30.9. The number of carboxylic acids is 1. The maximum Gasteiger partial charge on any atom is 0.410 e. The Hall–Kier alpha value is -4.32. The van der Waals surface area contributed by atoms with Gasteiger partial charge in [0.05, 0.1) is 17.4 Å². The van der Waals surface area contributed by atoms with Gasteiger partial charge in [-0.15, -0.1) is 0 Å². The number of likely N-dealkylation sites (N-methyl/N-ethyl adjacent to an activating group) is 1. The SMILES string of the molecule is CC(C)C[C@H](C(=O)N[C@@H](C(=O)N[C@@H](CC#N)C(=O)O)[C@H](O)c1ccc(F)c([N+](=O)[O-])c1)N(C)C(=O)OC(C)(C)C. The number of ether oxygens (including phenoxy) is 1. The number of halogens is 1. The number of nitriles is 1. The number of carbonyl (C=O) groups excluding carboxylic acids is 3. The summed E-state index contributed by atoms with van der Waals surface area (Å²) >= 11 is 0. The van der Waals surface area contributed by atoms with Crippen molar-refractivity contribution >= 4 is 29.6 Å². The average Bonchev–Trinajstić information content (AvgIpc) is 2.83. The van der Waals surface area contributed by atoms with Gasteiger partial charge in [-0.1, -0.05) is 19.9 Å². The van der Waals surface area contributed by atoms with Crippen molar-refractivity contribution in [1.29, 1.82) is 5.26 Å². The molecular formula is C25H34FN5O9. The van der Waals surface area contributed by atoms with Gasteiger partial charge in [0.25, 0.3) is 0 Å². The van der Waals surface area contributed by atoms with Crippen molar-refractivity contribution in [3.05, 3.63) is 39.7 Å². The van der Waals surface area contributed by atoms with E-state index >= 15 is 0 Å². The molecule has 0 bridgehead atoms. The molecule has 0 spiro atoms. The number of rotatable bonds is 12. The van der Waals surface area contributed by atoms with Crippen molar-refractivity contribution in [2.45, 2.75) is 77.3 Å². The third-order valence-corrected chi connectivity index (χ3v) is 5.46. The van der Waals surface area contributed by atoms with E-state index < -0.39 is 76.6 Å². The highest BCUT2D eigenvalue weighted by atomic mass is 19.1. The first-order chi connectivity index (χ1) is 18.4. The number of carbonyl (C=O) groups is 4. The zero-order valence-corrected chi connectivity index (χ0v) is 23.0. The smallest absolute Gasteiger partial charge is 0.410 e. The summed E-state index contributed by atoms with van der Waals surface area (Å²) in [7, 11) is 1.29. The Kier molecular flexibility index (Phi) is 11.9. The van der Waals surface area contributed by atoms with Crippen LogP contribution in [0.25, 0.3) is 0 Å². The lowest BCUT2D eigenvalue weighted by atomic mass is 9.98. The van der Waals surface area contributed by atoms with Crippen LogP contribution in [0.3, 0.4) is 0 Å². The second-order valence-corrected chi connectivity index (χ2v) is 10.4. The molecular weight excluding hydrogens is 533 g/mol. The summed E-state index contributed by atoms with van der Waals surface area (Å²) in [5, 5.41) is 44.7. The molecule has 4 N–H and O–H groups in total. The highest BCUT2D eigenvalue weighted by Gasteiger charge is 2.37. The fourth-order valence-corrected chi connectivity index (χ4v) is 3.48. The van der Waals surface area contributed by atoms with E-state index in [9.17, 15) is 43.9 Å². The van der Waals surface area contributed by atoms with Crippen LogP contribution in [0.1, 0.15) is 59.1 Å². The second-order valence-electron chi connectivity index (χ2n) is 10.4. The third kappa shape index (κ3) is 9.77. The van der Waals surface area contributed by atoms with Gasteiger partial charge in [-0.05, 0) is 44.7 Å². The first-order valence-electron chi connectivity index (χ1n) is 12.2. The molecule has 0 aliphatic carbocycles. The van der Waals surface area contributed by atoms with Crippen LogP contribution in [0.15, 0.2) is 18.2 Å². The molecule has 4 atom stereocenters. The standard InChI is InChI=1S/C25H34FN5O9/c1-13(2)11-18(30(6)24(37)40-25(3,4)5)21(33)29-19(22(34)28-16(9-10-27)23(35)36)20(32)14-7-8-15(26)17(12-14)31(38)39/h7-8,12-13,16,18-20,32H,9,11H2,1-6H3,(H,28,34)(H,29,33)(H,35,36)/t16-,18+,19+,20+/m0/s1. The van der Waals surface area contributed by atoms with Crippen LogP contribution >= 0.6 is 0 Å². The van der Waals surface area contributed by atoms with Crippen molar-refractivity contribution in [2.75, 3.05) is 7.05 Å². The number of aliphatic hydroxyl groups excluding tert-OH is 1. The summed E-state index contributed by atoms with van der Waals surface area (Å²) in [6, 6.07) is -1.04. The number of hydrogen-bond acceptors (Lipinski definition) is 9. The lowest BCUT2D eigenvalue weighted by Crippen LogP contribution is -2.58. The lowest BCUT2D eigenvalue weighted by Gasteiger charge is -2.32. The highest BCUT2D eigenvalue weighted by molar-refractivity contribution is 5.93. The molecule has 1 aromatic carbocycles. The van der Waals surface area contributed by atoms with E-state index in [0.29, 0.717) is 12.1 Å². The van der Waals surface area contributed by atoms with E-state index in [4.69, 9.17) is 10.00 Å². The van der Waals surface area contributed by atoms with Crippen LogP contribution in [-0.4, -0.2) is 74.7 Å². The Morgan fingerprint density at radius 2 is 1.80 bits per heavy atom. The lowest BCUT2D eigenvalue weighted by molar-refractivity contribution is -0.387. The van der Waals surface area contributed by atoms with Crippen molar-refractivity contribution in [1.82, 2.24) is 15.5 Å². The molecule has 14 nitrogen and oxygen atoms in total. The fraction of sp³-hybridized carbons (Fsp3) is 0.560. The molecule has 0 heterocycles. The first kappa shape index (κ1) is 33.7. The second kappa shape index (κ2) is 14.2. The number of nitrogens with zero attached hydrogens (tertiary/aromatic N) is 3. The first-order valence-corrected chi connectivity index (χ1v) is 12.2. The summed E-state index contributed by atoms with van der Waals surface area (Å²) in [6.45, 7) is 8.39. The minimum atomic E-state index is -2.04. The third-order valence-electron chi connectivity index (χ3n) is 5.46. The maximum absolute atomic E-state index is 13.9. The van der Waals surface area contributed by atoms with Gasteiger partial charge < -0.3 is 25.6 Å². The average molecular weight is 568 g/mol. The highest BCUT2D eigenvalue weighted by Crippen LogP contribution is 2.25. The van der Waals surface area contributed by atoms with E-state index in [2.05, 4.69) is 5.32 Å². The number of nitro benzene ring substituents is 1. The van der Waals surface area contributed by atoms with Gasteiger partial charge in [-0.3, -0.25) is 24.6 Å². The molecule has 0 aliphatic rings. The molecule has 40 heavy (non-hydrogen) atoms. The van der Waals surface area contributed by atoms with E-state index in [1.165, 1.54) is 7.05 Å². The molecule has 0 unspecified atom stereocenters. The quantitative estimate of drug-likeness (QED) is 0.213. The van der Waals surface area contributed by atoms with Crippen LogP contribution in [0.2, 0.25) is 0 Å². The van der Waals surface area contributed by atoms with E-state index in [0.717, 1.165) is 11.0 Å². The topological polar surface area (TPSA) is 212 Å². The fourth-order valence-electron chi connectivity index (χ4n) is 3.48. The van der Waals surface area contributed by atoms with Crippen LogP contribution in [0.5, 0.6) is 0 Å². The number of aliphatic hydroxyl groups is 1. The summed E-state index contributed by atoms with van der Waals surface area (Å²) < 4.78 is 19.2. The van der Waals surface area contributed by atoms with E-state index in [1.54, 1.807) is 40.7 Å². The molecule has 0 saturated carbocycles. The van der Waals surface area contributed by atoms with Gasteiger partial charge >= 0.3 is 17.7 Å². The summed E-state index contributed by atoms with van der Waals surface area (Å²) in [5.41, 5.74) is -2.26. The number of nitrogens with one attached hydrogen (secondary N) is 2.